The predicted octanol–water partition coefficient (Wildman–Crippen LogP) is 4.37. The number of nitrogens with zero attached hydrogens (tertiary/aromatic N) is 4. The first-order chi connectivity index (χ1) is 15.8. The molecular weight excluding hydrogens is 445 g/mol. The molecule has 1 unspecified atom stereocenters. The molecule has 166 valence electrons. The quantitative estimate of drug-likeness (QED) is 0.414. The minimum Gasteiger partial charge on any atom is -0.438 e. The van der Waals surface area contributed by atoms with Crippen molar-refractivity contribution in [3.8, 4) is 33.8 Å². The number of halogens is 1. The molecule has 0 saturated heterocycles. The molecule has 0 fully saturated rings. The molecule has 3 heterocycles. The van der Waals surface area contributed by atoms with Crippen LogP contribution >= 0.6 is 0 Å². The van der Waals surface area contributed by atoms with Gasteiger partial charge in [-0.05, 0) is 37.3 Å². The van der Waals surface area contributed by atoms with Gasteiger partial charge in [0, 0.05) is 22.9 Å². The van der Waals surface area contributed by atoms with Crippen LogP contribution in [0.25, 0.3) is 44.9 Å². The van der Waals surface area contributed by atoms with Crippen molar-refractivity contribution in [2.45, 2.75) is 12.3 Å². The highest BCUT2D eigenvalue weighted by molar-refractivity contribution is 7.89. The molecule has 0 bridgehead atoms. The van der Waals surface area contributed by atoms with Crippen LogP contribution in [0.1, 0.15) is 12.3 Å². The van der Waals surface area contributed by atoms with Crippen molar-refractivity contribution in [3.05, 3.63) is 79.0 Å². The number of hydrogen-bond donors (Lipinski definition) is 1. The number of fused-ring (bicyclic) bond motifs is 1. The fourth-order valence-electron chi connectivity index (χ4n) is 3.54. The summed E-state index contributed by atoms with van der Waals surface area (Å²) in [6.45, 7) is 1.43. The summed E-state index contributed by atoms with van der Waals surface area (Å²) in [7, 11) is -3.92. The van der Waals surface area contributed by atoms with Gasteiger partial charge in [-0.2, -0.15) is 5.10 Å². The number of nitrogens with two attached hydrogens (primary N) is 1. The summed E-state index contributed by atoms with van der Waals surface area (Å²) in [5.74, 6) is 0.213. The molecule has 1 atom stereocenters. The van der Waals surface area contributed by atoms with Crippen LogP contribution in [0.4, 0.5) is 4.39 Å². The molecule has 33 heavy (non-hydrogen) atoms. The summed E-state index contributed by atoms with van der Waals surface area (Å²) in [4.78, 5) is 8.68. The number of hydrogen-bond acceptors (Lipinski definition) is 6. The van der Waals surface area contributed by atoms with Gasteiger partial charge in [0.2, 0.25) is 15.7 Å². The molecule has 0 aliphatic heterocycles. The second kappa shape index (κ2) is 7.91. The monoisotopic (exact) mass is 463 g/mol. The molecule has 0 amide bonds. The van der Waals surface area contributed by atoms with E-state index in [0.717, 1.165) is 5.56 Å². The highest BCUT2D eigenvalue weighted by Crippen LogP contribution is 2.37. The van der Waals surface area contributed by atoms with Crippen LogP contribution < -0.4 is 5.14 Å². The number of sulfonamides is 1. The number of aromatic nitrogens is 4. The van der Waals surface area contributed by atoms with E-state index in [0.29, 0.717) is 39.4 Å². The Bertz CT molecular complexity index is 1560. The van der Waals surface area contributed by atoms with Gasteiger partial charge < -0.3 is 4.42 Å². The Morgan fingerprint density at radius 1 is 1.00 bits per heavy atom. The second-order valence-electron chi connectivity index (χ2n) is 7.48. The molecule has 10 heteroatoms. The van der Waals surface area contributed by atoms with Crippen LogP contribution in [0.5, 0.6) is 0 Å². The van der Waals surface area contributed by atoms with Crippen molar-refractivity contribution < 1.29 is 17.2 Å². The zero-order valence-corrected chi connectivity index (χ0v) is 18.2. The van der Waals surface area contributed by atoms with E-state index in [1.165, 1.54) is 30.1 Å². The van der Waals surface area contributed by atoms with E-state index in [1.54, 1.807) is 18.3 Å². The van der Waals surface area contributed by atoms with Gasteiger partial charge in [-0.25, -0.2) is 27.9 Å². The average Bonchev–Trinajstić information content (AvgIpc) is 3.44. The van der Waals surface area contributed by atoms with Gasteiger partial charge in [-0.1, -0.05) is 30.3 Å². The Balaban J connectivity index is 1.73. The number of furan rings is 1. The lowest BCUT2D eigenvalue weighted by Crippen LogP contribution is -2.24. The molecule has 5 rings (SSSR count). The van der Waals surface area contributed by atoms with Crippen LogP contribution in [-0.2, 0) is 10.0 Å². The van der Waals surface area contributed by atoms with E-state index < -0.39 is 21.2 Å². The fourth-order valence-corrected chi connectivity index (χ4v) is 3.95. The summed E-state index contributed by atoms with van der Waals surface area (Å²) in [6.07, 6.45) is 2.93. The van der Waals surface area contributed by atoms with Gasteiger partial charge in [-0.15, -0.1) is 0 Å². The smallest absolute Gasteiger partial charge is 0.232 e. The Kier molecular flexibility index (Phi) is 5.03. The summed E-state index contributed by atoms with van der Waals surface area (Å²) < 4.78 is 44.7. The molecule has 0 radical (unpaired) electrons. The molecule has 0 aliphatic carbocycles. The maximum absolute atomic E-state index is 13.5. The van der Waals surface area contributed by atoms with Crippen LogP contribution in [0.15, 0.2) is 77.6 Å². The van der Waals surface area contributed by atoms with Crippen LogP contribution in [-0.4, -0.2) is 28.2 Å². The van der Waals surface area contributed by atoms with E-state index in [9.17, 15) is 12.8 Å². The lowest BCUT2D eigenvalue weighted by Gasteiger charge is -2.08. The SMILES string of the molecule is CC(n1cc(-c2ncnc3oc(-c4ccccc4)cc23)c(-c2ccc(F)cc2)n1)S(N)(=O)=O. The molecule has 2 N–H and O–H groups in total. The molecule has 0 spiro atoms. The van der Waals surface area contributed by atoms with Crippen molar-refractivity contribution in [2.24, 2.45) is 5.14 Å². The average molecular weight is 463 g/mol. The molecule has 0 aliphatic rings. The molecule has 5 aromatic rings. The number of benzene rings is 2. The van der Waals surface area contributed by atoms with Crippen LogP contribution in [0.2, 0.25) is 0 Å². The fraction of sp³-hybridized carbons (Fsp3) is 0.0870. The van der Waals surface area contributed by atoms with Gasteiger partial charge in [-0.3, -0.25) is 4.68 Å². The van der Waals surface area contributed by atoms with E-state index in [1.807, 2.05) is 36.4 Å². The van der Waals surface area contributed by atoms with Gasteiger partial charge in [0.25, 0.3) is 0 Å². The van der Waals surface area contributed by atoms with Crippen molar-refractivity contribution in [1.29, 1.82) is 0 Å². The third kappa shape index (κ3) is 3.90. The van der Waals surface area contributed by atoms with E-state index in [2.05, 4.69) is 15.1 Å². The predicted molar refractivity (Wildman–Crippen MR) is 122 cm³/mol. The summed E-state index contributed by atoms with van der Waals surface area (Å²) in [5.41, 5.74) is 3.29. The maximum atomic E-state index is 13.5. The number of rotatable bonds is 5. The normalized spacial score (nSPS) is 12.8. The first-order valence-electron chi connectivity index (χ1n) is 9.98. The van der Waals surface area contributed by atoms with Crippen molar-refractivity contribution in [2.75, 3.05) is 0 Å². The van der Waals surface area contributed by atoms with Gasteiger partial charge >= 0.3 is 0 Å². The molecule has 8 nitrogen and oxygen atoms in total. The topological polar surface area (TPSA) is 117 Å². The second-order valence-corrected chi connectivity index (χ2v) is 9.34. The van der Waals surface area contributed by atoms with Gasteiger partial charge in [0.1, 0.15) is 23.6 Å². The highest BCUT2D eigenvalue weighted by Gasteiger charge is 2.24. The standard InChI is InChI=1S/C23H18FN5O3S/c1-14(33(25,30)31)29-12-19(21(28-29)16-7-9-17(24)10-8-16)22-18-11-20(15-5-3-2-4-6-15)32-23(18)27-13-26-22/h2-14H,1H3,(H2,25,30,31). The van der Waals surface area contributed by atoms with Gasteiger partial charge in [0.15, 0.2) is 5.37 Å². The Labute approximate surface area is 188 Å². The Hall–Kier alpha value is -3.89. The van der Waals surface area contributed by atoms with Crippen molar-refractivity contribution in [3.63, 3.8) is 0 Å². The molecular formula is C23H18FN5O3S. The zero-order chi connectivity index (χ0) is 23.2. The highest BCUT2D eigenvalue weighted by atomic mass is 32.2. The van der Waals surface area contributed by atoms with E-state index >= 15 is 0 Å². The van der Waals surface area contributed by atoms with E-state index in [-0.39, 0.29) is 0 Å². The summed E-state index contributed by atoms with van der Waals surface area (Å²) in [6, 6.07) is 17.1. The molecule has 3 aromatic heterocycles. The maximum Gasteiger partial charge on any atom is 0.232 e. The minimum atomic E-state index is -3.92. The third-order valence-electron chi connectivity index (χ3n) is 5.34. The van der Waals surface area contributed by atoms with Crippen LogP contribution in [0, 0.1) is 5.82 Å². The summed E-state index contributed by atoms with van der Waals surface area (Å²) in [5, 5.41) is 9.32. The molecule has 0 saturated carbocycles. The minimum absolute atomic E-state index is 0.371. The first-order valence-corrected chi connectivity index (χ1v) is 11.6. The zero-order valence-electron chi connectivity index (χ0n) is 17.4. The van der Waals surface area contributed by atoms with E-state index in [4.69, 9.17) is 9.56 Å². The van der Waals surface area contributed by atoms with Crippen molar-refractivity contribution >= 4 is 21.1 Å². The largest absolute Gasteiger partial charge is 0.438 e. The Morgan fingerprint density at radius 2 is 1.73 bits per heavy atom. The van der Waals surface area contributed by atoms with Crippen molar-refractivity contribution in [1.82, 2.24) is 19.7 Å². The first kappa shape index (κ1) is 21.0. The van der Waals surface area contributed by atoms with Crippen LogP contribution in [0.3, 0.4) is 0 Å². The summed E-state index contributed by atoms with van der Waals surface area (Å²) >= 11 is 0. The Morgan fingerprint density at radius 3 is 2.42 bits per heavy atom. The lowest BCUT2D eigenvalue weighted by molar-refractivity contribution is 0.541. The molecule has 2 aromatic carbocycles. The van der Waals surface area contributed by atoms with Gasteiger partial charge in [0.05, 0.1) is 11.1 Å². The number of primary sulfonamides is 1. The third-order valence-corrected chi connectivity index (χ3v) is 6.51. The lowest BCUT2D eigenvalue weighted by atomic mass is 10.0.